The molecule has 2 amide bonds. The molecule has 0 radical (unpaired) electrons. The predicted molar refractivity (Wildman–Crippen MR) is 121 cm³/mol. The molecule has 1 atom stereocenters. The number of likely N-dealkylation sites (tertiary alicyclic amines) is 1. The Morgan fingerprint density at radius 2 is 1.70 bits per heavy atom. The summed E-state index contributed by atoms with van der Waals surface area (Å²) in [7, 11) is 0. The van der Waals surface area contributed by atoms with E-state index in [1.54, 1.807) is 0 Å². The Morgan fingerprint density at radius 1 is 1.00 bits per heavy atom. The largest absolute Gasteiger partial charge is 0.375 e. The summed E-state index contributed by atoms with van der Waals surface area (Å²) in [6, 6.07) is 1.21. The van der Waals surface area contributed by atoms with Crippen LogP contribution in [0.25, 0.3) is 0 Å². The fourth-order valence-corrected chi connectivity index (χ4v) is 6.12. The van der Waals surface area contributed by atoms with Crippen LogP contribution in [0.3, 0.4) is 0 Å². The summed E-state index contributed by atoms with van der Waals surface area (Å²) in [5.74, 6) is 0.753. The highest BCUT2D eigenvalue weighted by molar-refractivity contribution is 5.74. The van der Waals surface area contributed by atoms with Gasteiger partial charge < -0.3 is 19.9 Å². The van der Waals surface area contributed by atoms with Crippen LogP contribution in [-0.2, 0) is 4.74 Å². The van der Waals surface area contributed by atoms with E-state index >= 15 is 0 Å². The number of nitrogens with one attached hydrogen (secondary N) is 1. The van der Waals surface area contributed by atoms with Gasteiger partial charge in [0.1, 0.15) is 0 Å². The highest BCUT2D eigenvalue weighted by atomic mass is 16.5. The minimum atomic E-state index is -0.000395. The highest BCUT2D eigenvalue weighted by Gasteiger charge is 2.43. The summed E-state index contributed by atoms with van der Waals surface area (Å²) in [6.45, 7) is 13.2. The zero-order valence-corrected chi connectivity index (χ0v) is 19.4. The number of rotatable bonds is 4. The summed E-state index contributed by atoms with van der Waals surface area (Å²) < 4.78 is 6.38. The standard InChI is InChI=1S/C24H44N4O2/c1-20(2)19-26-13-15-27(16-14-26)22-8-17-30-24(18-22)9-11-28(12-10-24)23(29)25-21-6-4-3-5-7-21/h20-22H,3-19H2,1-2H3,(H,25,29)/t22-/m1/s1. The SMILES string of the molecule is CC(C)CN1CCN([C@@H]2CCOC3(CCN(C(=O)NC4CCCCC4)CC3)C2)CC1. The molecule has 4 fully saturated rings. The molecular weight excluding hydrogens is 376 g/mol. The third kappa shape index (κ3) is 5.68. The number of piperidine rings is 1. The Morgan fingerprint density at radius 3 is 2.37 bits per heavy atom. The molecule has 3 aliphatic heterocycles. The molecular formula is C24H44N4O2. The van der Waals surface area contributed by atoms with Crippen LogP contribution in [0.15, 0.2) is 0 Å². The molecule has 3 heterocycles. The molecule has 0 unspecified atom stereocenters. The van der Waals surface area contributed by atoms with E-state index in [-0.39, 0.29) is 11.6 Å². The summed E-state index contributed by atoms with van der Waals surface area (Å²) in [6.07, 6.45) is 10.4. The first-order chi connectivity index (χ1) is 14.5. The fraction of sp³-hybridized carbons (Fsp3) is 0.958. The van der Waals surface area contributed by atoms with E-state index in [0.29, 0.717) is 12.1 Å². The van der Waals surface area contributed by atoms with Crippen molar-refractivity contribution in [3.63, 3.8) is 0 Å². The average Bonchev–Trinajstić information content (AvgIpc) is 2.75. The maximum atomic E-state index is 12.7. The average molecular weight is 421 g/mol. The van der Waals surface area contributed by atoms with Gasteiger partial charge in [-0.05, 0) is 44.4 Å². The van der Waals surface area contributed by atoms with Crippen molar-refractivity contribution >= 4 is 6.03 Å². The van der Waals surface area contributed by atoms with E-state index in [4.69, 9.17) is 4.74 Å². The minimum Gasteiger partial charge on any atom is -0.375 e. The third-order valence-electron chi connectivity index (χ3n) is 7.91. The Bertz CT molecular complexity index is 547. The Labute approximate surface area is 183 Å². The highest BCUT2D eigenvalue weighted by Crippen LogP contribution is 2.37. The van der Waals surface area contributed by atoms with Crippen LogP contribution < -0.4 is 5.32 Å². The summed E-state index contributed by atoms with van der Waals surface area (Å²) in [5.41, 5.74) is -0.000395. The number of piperazine rings is 1. The first kappa shape index (κ1) is 22.3. The van der Waals surface area contributed by atoms with Gasteiger partial charge in [0.05, 0.1) is 5.60 Å². The van der Waals surface area contributed by atoms with Crippen LogP contribution in [0.5, 0.6) is 0 Å². The topological polar surface area (TPSA) is 48.1 Å². The van der Waals surface area contributed by atoms with Gasteiger partial charge in [-0.15, -0.1) is 0 Å². The molecule has 1 aliphatic carbocycles. The second-order valence-electron chi connectivity index (χ2n) is 10.7. The molecule has 3 saturated heterocycles. The van der Waals surface area contributed by atoms with Gasteiger partial charge in [0.25, 0.3) is 0 Å². The quantitative estimate of drug-likeness (QED) is 0.758. The van der Waals surface area contributed by atoms with Crippen molar-refractivity contribution < 1.29 is 9.53 Å². The number of nitrogens with zero attached hydrogens (tertiary/aromatic N) is 3. The fourth-order valence-electron chi connectivity index (χ4n) is 6.12. The van der Waals surface area contributed by atoms with E-state index in [1.807, 2.05) is 4.90 Å². The van der Waals surface area contributed by atoms with Gasteiger partial charge in [0.2, 0.25) is 0 Å². The molecule has 0 aromatic carbocycles. The monoisotopic (exact) mass is 420 g/mol. The molecule has 30 heavy (non-hydrogen) atoms. The van der Waals surface area contributed by atoms with Gasteiger partial charge in [-0.3, -0.25) is 4.90 Å². The lowest BCUT2D eigenvalue weighted by Gasteiger charge is -2.49. The molecule has 0 aromatic heterocycles. The third-order valence-corrected chi connectivity index (χ3v) is 7.91. The predicted octanol–water partition coefficient (Wildman–Crippen LogP) is 3.32. The van der Waals surface area contributed by atoms with Gasteiger partial charge in [0.15, 0.2) is 0 Å². The minimum absolute atomic E-state index is 0.000395. The molecule has 1 saturated carbocycles. The lowest BCUT2D eigenvalue weighted by Crippen LogP contribution is -2.58. The first-order valence-corrected chi connectivity index (χ1v) is 12.7. The van der Waals surface area contributed by atoms with Gasteiger partial charge in [-0.1, -0.05) is 33.1 Å². The van der Waals surface area contributed by atoms with Gasteiger partial charge >= 0.3 is 6.03 Å². The Hall–Kier alpha value is -0.850. The van der Waals surface area contributed by atoms with E-state index in [1.165, 1.54) is 52.0 Å². The molecule has 1 spiro atoms. The molecule has 0 aromatic rings. The van der Waals surface area contributed by atoms with Gasteiger partial charge in [-0.25, -0.2) is 4.79 Å². The maximum Gasteiger partial charge on any atom is 0.317 e. The first-order valence-electron chi connectivity index (χ1n) is 12.7. The molecule has 6 heteroatoms. The lowest BCUT2D eigenvalue weighted by atomic mass is 9.81. The number of ether oxygens (including phenoxy) is 1. The van der Waals surface area contributed by atoms with Crippen molar-refractivity contribution in [1.29, 1.82) is 0 Å². The van der Waals surface area contributed by atoms with E-state index in [0.717, 1.165) is 64.1 Å². The molecule has 4 rings (SSSR count). The van der Waals surface area contributed by atoms with Crippen molar-refractivity contribution in [3.05, 3.63) is 0 Å². The lowest BCUT2D eigenvalue weighted by molar-refractivity contribution is -0.132. The second kappa shape index (κ2) is 10.2. The van der Waals surface area contributed by atoms with Crippen molar-refractivity contribution in [1.82, 2.24) is 20.0 Å². The van der Waals surface area contributed by atoms with Crippen molar-refractivity contribution in [2.75, 3.05) is 52.4 Å². The van der Waals surface area contributed by atoms with Crippen LogP contribution >= 0.6 is 0 Å². The maximum absolute atomic E-state index is 12.7. The smallest absolute Gasteiger partial charge is 0.317 e. The molecule has 4 aliphatic rings. The van der Waals surface area contributed by atoms with Gasteiger partial charge in [0, 0.05) is 64.5 Å². The summed E-state index contributed by atoms with van der Waals surface area (Å²) in [5, 5.41) is 3.29. The van der Waals surface area contributed by atoms with Crippen LogP contribution in [0.2, 0.25) is 0 Å². The zero-order chi connectivity index (χ0) is 21.0. The van der Waals surface area contributed by atoms with Crippen LogP contribution in [0, 0.1) is 5.92 Å². The molecule has 172 valence electrons. The number of amides is 2. The van der Waals surface area contributed by atoms with Crippen LogP contribution in [-0.4, -0.2) is 90.8 Å². The number of urea groups is 1. The van der Waals surface area contributed by atoms with Crippen molar-refractivity contribution in [3.8, 4) is 0 Å². The van der Waals surface area contributed by atoms with Crippen molar-refractivity contribution in [2.24, 2.45) is 5.92 Å². The normalized spacial score (nSPS) is 29.4. The summed E-state index contributed by atoms with van der Waals surface area (Å²) >= 11 is 0. The number of carbonyl (C=O) groups excluding carboxylic acids is 1. The number of hydrogen-bond acceptors (Lipinski definition) is 4. The molecule has 0 bridgehead atoms. The summed E-state index contributed by atoms with van der Waals surface area (Å²) in [4.78, 5) is 20.1. The van der Waals surface area contributed by atoms with Crippen LogP contribution in [0.4, 0.5) is 4.79 Å². The number of carbonyl (C=O) groups is 1. The van der Waals surface area contributed by atoms with Crippen molar-refractivity contribution in [2.45, 2.75) is 89.3 Å². The van der Waals surface area contributed by atoms with Gasteiger partial charge in [-0.2, -0.15) is 0 Å². The van der Waals surface area contributed by atoms with E-state index in [9.17, 15) is 4.79 Å². The molecule has 6 nitrogen and oxygen atoms in total. The number of hydrogen-bond donors (Lipinski definition) is 1. The zero-order valence-electron chi connectivity index (χ0n) is 19.4. The molecule has 1 N–H and O–H groups in total. The van der Waals surface area contributed by atoms with E-state index < -0.39 is 0 Å². The Balaban J connectivity index is 1.23. The Kier molecular flexibility index (Phi) is 7.58. The van der Waals surface area contributed by atoms with Crippen LogP contribution in [0.1, 0.15) is 71.6 Å². The van der Waals surface area contributed by atoms with E-state index in [2.05, 4.69) is 29.0 Å². The second-order valence-corrected chi connectivity index (χ2v) is 10.7.